The maximum absolute atomic E-state index is 12.6. The lowest BCUT2D eigenvalue weighted by Crippen LogP contribution is -2.33. The number of nitrogens with one attached hydrogen (secondary N) is 2. The molecule has 0 radical (unpaired) electrons. The molecule has 2 aromatic carbocycles. The first kappa shape index (κ1) is 18.2. The van der Waals surface area contributed by atoms with Gasteiger partial charge in [-0.25, -0.2) is 4.79 Å². The second kappa shape index (κ2) is 8.10. The van der Waals surface area contributed by atoms with Crippen LogP contribution in [-0.4, -0.2) is 24.1 Å². The van der Waals surface area contributed by atoms with Crippen molar-refractivity contribution in [3.8, 4) is 0 Å². The fourth-order valence-electron chi connectivity index (χ4n) is 1.84. The van der Waals surface area contributed by atoms with Crippen molar-refractivity contribution in [1.82, 2.24) is 5.32 Å². The smallest absolute Gasteiger partial charge is 0.413 e. The average Bonchev–Trinajstić information content (AvgIpc) is 2.56. The average molecular weight is 383 g/mol. The molecule has 0 unspecified atom stereocenters. The third kappa shape index (κ3) is 4.67. The molecule has 8 heteroatoms. The maximum atomic E-state index is 12.6. The van der Waals surface area contributed by atoms with Gasteiger partial charge in [-0.15, -0.1) is 0 Å². The van der Waals surface area contributed by atoms with Gasteiger partial charge in [-0.05, 0) is 54.7 Å². The van der Waals surface area contributed by atoms with E-state index in [4.69, 9.17) is 35.4 Å². The highest BCUT2D eigenvalue weighted by atomic mass is 35.5. The summed E-state index contributed by atoms with van der Waals surface area (Å²) >= 11 is 16.9. The van der Waals surface area contributed by atoms with Crippen LogP contribution < -0.4 is 10.6 Å². The van der Waals surface area contributed by atoms with Gasteiger partial charge in [-0.3, -0.25) is 10.1 Å². The van der Waals surface area contributed by atoms with Crippen molar-refractivity contribution in [3.05, 3.63) is 63.6 Å². The zero-order valence-corrected chi connectivity index (χ0v) is 14.8. The number of anilines is 1. The number of hydrogen-bond donors (Lipinski definition) is 2. The van der Waals surface area contributed by atoms with Crippen LogP contribution in [0.2, 0.25) is 10.0 Å². The fraction of sp³-hybridized carbons (Fsp3) is 0.0625. The Hall–Kier alpha value is -2.15. The van der Waals surface area contributed by atoms with Gasteiger partial charge in [0.15, 0.2) is 10.9 Å². The topological polar surface area (TPSA) is 67.4 Å². The van der Waals surface area contributed by atoms with Crippen molar-refractivity contribution < 1.29 is 14.3 Å². The Bertz CT molecular complexity index is 794. The summed E-state index contributed by atoms with van der Waals surface area (Å²) in [5.41, 5.74) is 1.25. The van der Waals surface area contributed by atoms with Crippen LogP contribution >= 0.6 is 35.4 Å². The third-order valence-electron chi connectivity index (χ3n) is 2.98. The first-order valence-electron chi connectivity index (χ1n) is 6.66. The van der Waals surface area contributed by atoms with E-state index in [1.54, 1.807) is 42.5 Å². The summed E-state index contributed by atoms with van der Waals surface area (Å²) in [5.74, 6) is -0.257. The maximum Gasteiger partial charge on any atom is 0.413 e. The van der Waals surface area contributed by atoms with Gasteiger partial charge in [0.05, 0.1) is 12.1 Å². The lowest BCUT2D eigenvalue weighted by atomic mass is 10.0. The van der Waals surface area contributed by atoms with Gasteiger partial charge in [0.1, 0.15) is 0 Å². The van der Waals surface area contributed by atoms with Crippen LogP contribution in [0.15, 0.2) is 42.5 Å². The van der Waals surface area contributed by atoms with Crippen molar-refractivity contribution in [2.45, 2.75) is 0 Å². The number of alkyl carbamates (subject to hydrolysis) is 1. The fourth-order valence-corrected chi connectivity index (χ4v) is 2.37. The summed E-state index contributed by atoms with van der Waals surface area (Å²) in [6.45, 7) is 0. The molecular formula is C16H12Cl2N2O3S. The molecule has 1 amide bonds. The highest BCUT2D eigenvalue weighted by Crippen LogP contribution is 2.24. The van der Waals surface area contributed by atoms with E-state index in [9.17, 15) is 9.59 Å². The minimum absolute atomic E-state index is 0.0362. The number of thiocarbonyl (C=S) groups is 1. The molecule has 0 bridgehead atoms. The lowest BCUT2D eigenvalue weighted by molar-refractivity contribution is 0.103. The van der Waals surface area contributed by atoms with Gasteiger partial charge in [0.25, 0.3) is 0 Å². The Kier molecular flexibility index (Phi) is 6.14. The van der Waals surface area contributed by atoms with Crippen molar-refractivity contribution in [1.29, 1.82) is 0 Å². The molecule has 0 saturated carbocycles. The lowest BCUT2D eigenvalue weighted by Gasteiger charge is -2.11. The van der Waals surface area contributed by atoms with E-state index in [1.807, 2.05) is 0 Å². The molecule has 5 nitrogen and oxygen atoms in total. The van der Waals surface area contributed by atoms with E-state index >= 15 is 0 Å². The molecule has 2 aromatic rings. The number of benzene rings is 2. The van der Waals surface area contributed by atoms with Gasteiger partial charge < -0.3 is 10.1 Å². The normalized spacial score (nSPS) is 9.96. The number of ether oxygens (including phenoxy) is 1. The molecule has 0 atom stereocenters. The summed E-state index contributed by atoms with van der Waals surface area (Å²) < 4.78 is 4.44. The third-order valence-corrected chi connectivity index (χ3v) is 3.76. The highest BCUT2D eigenvalue weighted by molar-refractivity contribution is 7.80. The van der Waals surface area contributed by atoms with Crippen molar-refractivity contribution in [3.63, 3.8) is 0 Å². The first-order chi connectivity index (χ1) is 11.4. The minimum Gasteiger partial charge on any atom is -0.453 e. The van der Waals surface area contributed by atoms with E-state index in [0.717, 1.165) is 0 Å². The monoisotopic (exact) mass is 382 g/mol. The van der Waals surface area contributed by atoms with E-state index in [2.05, 4.69) is 15.4 Å². The Morgan fingerprint density at radius 3 is 2.38 bits per heavy atom. The van der Waals surface area contributed by atoms with Crippen LogP contribution in [0.5, 0.6) is 0 Å². The molecule has 0 saturated heterocycles. The Labute approximate surface area is 153 Å². The molecule has 2 N–H and O–H groups in total. The molecule has 0 fully saturated rings. The predicted octanol–water partition coefficient (Wildman–Crippen LogP) is 4.28. The van der Waals surface area contributed by atoms with Crippen LogP contribution in [0.1, 0.15) is 15.9 Å². The number of rotatable bonds is 3. The zero-order valence-electron chi connectivity index (χ0n) is 12.4. The molecule has 2 rings (SSSR count). The number of halogens is 2. The Morgan fingerprint density at radius 2 is 1.75 bits per heavy atom. The van der Waals surface area contributed by atoms with Crippen LogP contribution in [-0.2, 0) is 4.74 Å². The zero-order chi connectivity index (χ0) is 17.7. The second-order valence-electron chi connectivity index (χ2n) is 4.60. The van der Waals surface area contributed by atoms with Crippen LogP contribution in [0.4, 0.5) is 10.5 Å². The molecule has 24 heavy (non-hydrogen) atoms. The predicted molar refractivity (Wildman–Crippen MR) is 98.1 cm³/mol. The molecule has 0 aliphatic heterocycles. The standard InChI is InChI=1S/C16H12Cl2N2O3S/c1-23-16(22)20-15(24)19-11-6-7-13(18)12(8-11)14(21)9-2-4-10(17)5-3-9/h2-8H,1H3,(H2,19,20,22,24). The second-order valence-corrected chi connectivity index (χ2v) is 5.85. The molecular weight excluding hydrogens is 371 g/mol. The summed E-state index contributed by atoms with van der Waals surface area (Å²) in [7, 11) is 1.23. The van der Waals surface area contributed by atoms with Gasteiger partial charge in [-0.2, -0.15) is 0 Å². The number of amides is 1. The van der Waals surface area contributed by atoms with Crippen LogP contribution in [0.3, 0.4) is 0 Å². The molecule has 0 heterocycles. The number of methoxy groups -OCH3 is 1. The number of ketones is 1. The SMILES string of the molecule is COC(=O)NC(=S)Nc1ccc(Cl)c(C(=O)c2ccc(Cl)cc2)c1. The number of carbonyl (C=O) groups excluding carboxylic acids is 2. The largest absolute Gasteiger partial charge is 0.453 e. The highest BCUT2D eigenvalue weighted by Gasteiger charge is 2.14. The summed E-state index contributed by atoms with van der Waals surface area (Å²) in [6.07, 6.45) is -0.695. The van der Waals surface area contributed by atoms with Gasteiger partial charge in [0, 0.05) is 21.8 Å². The van der Waals surface area contributed by atoms with Gasteiger partial charge in [0.2, 0.25) is 0 Å². The molecule has 0 aliphatic carbocycles. The Morgan fingerprint density at radius 1 is 1.08 bits per heavy atom. The Balaban J connectivity index is 2.22. The van der Waals surface area contributed by atoms with Gasteiger partial charge in [-0.1, -0.05) is 23.2 Å². The van der Waals surface area contributed by atoms with E-state index in [0.29, 0.717) is 26.9 Å². The van der Waals surface area contributed by atoms with Crippen molar-refractivity contribution >= 4 is 58.1 Å². The van der Waals surface area contributed by atoms with Crippen LogP contribution in [0.25, 0.3) is 0 Å². The molecule has 0 aromatic heterocycles. The van der Waals surface area contributed by atoms with E-state index in [1.165, 1.54) is 7.11 Å². The van der Waals surface area contributed by atoms with E-state index < -0.39 is 6.09 Å². The molecule has 0 aliphatic rings. The van der Waals surface area contributed by atoms with Crippen LogP contribution in [0, 0.1) is 0 Å². The number of hydrogen-bond acceptors (Lipinski definition) is 4. The van der Waals surface area contributed by atoms with Crippen molar-refractivity contribution in [2.24, 2.45) is 0 Å². The summed E-state index contributed by atoms with van der Waals surface area (Å²) in [5, 5.41) is 5.95. The van der Waals surface area contributed by atoms with E-state index in [-0.39, 0.29) is 10.9 Å². The minimum atomic E-state index is -0.695. The summed E-state index contributed by atoms with van der Waals surface area (Å²) in [6, 6.07) is 11.2. The molecule has 124 valence electrons. The number of carbonyl (C=O) groups is 2. The quantitative estimate of drug-likeness (QED) is 0.612. The first-order valence-corrected chi connectivity index (χ1v) is 7.83. The van der Waals surface area contributed by atoms with Gasteiger partial charge >= 0.3 is 6.09 Å². The van der Waals surface area contributed by atoms with Crippen molar-refractivity contribution in [2.75, 3.05) is 12.4 Å². The summed E-state index contributed by atoms with van der Waals surface area (Å²) in [4.78, 5) is 23.7. The molecule has 0 spiro atoms.